The van der Waals surface area contributed by atoms with Gasteiger partial charge in [0.1, 0.15) is 5.75 Å². The van der Waals surface area contributed by atoms with Gasteiger partial charge in [-0.2, -0.15) is 0 Å². The van der Waals surface area contributed by atoms with Crippen molar-refractivity contribution in [2.75, 3.05) is 6.61 Å². The summed E-state index contributed by atoms with van der Waals surface area (Å²) in [6.45, 7) is 8.92. The maximum Gasteiger partial charge on any atom is 0.258 e. The Morgan fingerprint density at radius 2 is 1.90 bits per heavy atom. The molecule has 0 saturated heterocycles. The Hall–Kier alpha value is -1.55. The fraction of sp³-hybridized carbons (Fsp3) is 0.588. The van der Waals surface area contributed by atoms with E-state index < -0.39 is 0 Å². The molecule has 1 aliphatic carbocycles. The van der Waals surface area contributed by atoms with Crippen LogP contribution in [-0.4, -0.2) is 24.6 Å². The van der Waals surface area contributed by atoms with Gasteiger partial charge in [-0.1, -0.05) is 12.1 Å². The van der Waals surface area contributed by atoms with Gasteiger partial charge in [-0.3, -0.25) is 4.79 Å². The zero-order valence-corrected chi connectivity index (χ0v) is 13.5. The molecule has 1 aromatic carbocycles. The molecule has 0 bridgehead atoms. The topological polar surface area (TPSA) is 50.4 Å². The third kappa shape index (κ3) is 5.05. The number of ether oxygens (including phenoxy) is 1. The number of benzene rings is 1. The predicted octanol–water partition coefficient (Wildman–Crippen LogP) is 2.46. The van der Waals surface area contributed by atoms with Crippen molar-refractivity contribution < 1.29 is 9.53 Å². The zero-order valence-electron chi connectivity index (χ0n) is 13.5. The van der Waals surface area contributed by atoms with E-state index in [-0.39, 0.29) is 18.6 Å². The Kier molecular flexibility index (Phi) is 5.23. The van der Waals surface area contributed by atoms with Gasteiger partial charge in [0.15, 0.2) is 6.61 Å². The monoisotopic (exact) mass is 290 g/mol. The molecule has 0 aromatic heterocycles. The fourth-order valence-corrected chi connectivity index (χ4v) is 2.42. The molecule has 1 aliphatic rings. The number of amides is 1. The van der Waals surface area contributed by atoms with Crippen LogP contribution < -0.4 is 15.4 Å². The first-order valence-electron chi connectivity index (χ1n) is 7.71. The Morgan fingerprint density at radius 1 is 1.29 bits per heavy atom. The Balaban J connectivity index is 1.94. The van der Waals surface area contributed by atoms with E-state index >= 15 is 0 Å². The number of hydrogen-bond donors (Lipinski definition) is 2. The van der Waals surface area contributed by atoms with Crippen molar-refractivity contribution >= 4 is 5.91 Å². The second kappa shape index (κ2) is 6.94. The van der Waals surface area contributed by atoms with E-state index in [0.29, 0.717) is 6.04 Å². The largest absolute Gasteiger partial charge is 0.483 e. The van der Waals surface area contributed by atoms with E-state index in [0.717, 1.165) is 23.4 Å². The molecule has 1 amide bonds. The first-order chi connectivity index (χ1) is 9.95. The molecule has 116 valence electrons. The quantitative estimate of drug-likeness (QED) is 0.811. The van der Waals surface area contributed by atoms with Gasteiger partial charge in [0, 0.05) is 18.6 Å². The molecule has 4 nitrogen and oxygen atoms in total. The average molecular weight is 290 g/mol. The standard InChI is InChI=1S/C17H26N2O2/c1-11(2)19-16(20)10-21-17-12(3)7-14(8-13(17)4)9-18-15-5-6-15/h7-8,11,15,18H,5-6,9-10H2,1-4H3,(H,19,20). The molecule has 1 saturated carbocycles. The predicted molar refractivity (Wildman–Crippen MR) is 84.6 cm³/mol. The van der Waals surface area contributed by atoms with Crippen molar-refractivity contribution in [1.82, 2.24) is 10.6 Å². The minimum absolute atomic E-state index is 0.0690. The van der Waals surface area contributed by atoms with E-state index in [4.69, 9.17) is 4.74 Å². The second-order valence-electron chi connectivity index (χ2n) is 6.22. The van der Waals surface area contributed by atoms with Crippen LogP contribution in [0.3, 0.4) is 0 Å². The number of carbonyl (C=O) groups excluding carboxylic acids is 1. The summed E-state index contributed by atoms with van der Waals surface area (Å²) in [5.74, 6) is 0.743. The normalized spacial score (nSPS) is 14.3. The van der Waals surface area contributed by atoms with Gasteiger partial charge in [-0.25, -0.2) is 0 Å². The lowest BCUT2D eigenvalue weighted by molar-refractivity contribution is -0.123. The third-order valence-electron chi connectivity index (χ3n) is 3.49. The first-order valence-corrected chi connectivity index (χ1v) is 7.71. The smallest absolute Gasteiger partial charge is 0.258 e. The summed E-state index contributed by atoms with van der Waals surface area (Å²) < 4.78 is 5.69. The van der Waals surface area contributed by atoms with Crippen LogP contribution in [0.15, 0.2) is 12.1 Å². The first kappa shape index (κ1) is 15.8. The van der Waals surface area contributed by atoms with Crippen molar-refractivity contribution in [3.63, 3.8) is 0 Å². The lowest BCUT2D eigenvalue weighted by Gasteiger charge is -2.15. The molecule has 0 aliphatic heterocycles. The molecule has 2 N–H and O–H groups in total. The molecule has 0 unspecified atom stereocenters. The van der Waals surface area contributed by atoms with Crippen LogP contribution in [0.4, 0.5) is 0 Å². The summed E-state index contributed by atoms with van der Waals surface area (Å²) in [7, 11) is 0. The van der Waals surface area contributed by atoms with Gasteiger partial charge >= 0.3 is 0 Å². The minimum atomic E-state index is -0.0803. The maximum atomic E-state index is 11.7. The van der Waals surface area contributed by atoms with Crippen molar-refractivity contribution in [1.29, 1.82) is 0 Å². The Labute approximate surface area is 127 Å². The number of carbonyl (C=O) groups is 1. The van der Waals surface area contributed by atoms with Gasteiger partial charge in [0.2, 0.25) is 0 Å². The van der Waals surface area contributed by atoms with Crippen LogP contribution in [0.2, 0.25) is 0 Å². The summed E-state index contributed by atoms with van der Waals surface area (Å²) in [4.78, 5) is 11.7. The van der Waals surface area contributed by atoms with Gasteiger partial charge in [-0.15, -0.1) is 0 Å². The second-order valence-corrected chi connectivity index (χ2v) is 6.22. The van der Waals surface area contributed by atoms with Crippen LogP contribution in [0.1, 0.15) is 43.4 Å². The molecule has 21 heavy (non-hydrogen) atoms. The van der Waals surface area contributed by atoms with Gasteiger partial charge in [0.05, 0.1) is 0 Å². The summed E-state index contributed by atoms with van der Waals surface area (Å²) in [6, 6.07) is 5.12. The summed E-state index contributed by atoms with van der Waals surface area (Å²) in [6.07, 6.45) is 2.59. The SMILES string of the molecule is Cc1cc(CNC2CC2)cc(C)c1OCC(=O)NC(C)C. The minimum Gasteiger partial charge on any atom is -0.483 e. The number of aryl methyl sites for hydroxylation is 2. The highest BCUT2D eigenvalue weighted by atomic mass is 16.5. The fourth-order valence-electron chi connectivity index (χ4n) is 2.42. The molecule has 2 rings (SSSR count). The molecular formula is C17H26N2O2. The summed E-state index contributed by atoms with van der Waals surface area (Å²) >= 11 is 0. The Morgan fingerprint density at radius 3 is 2.43 bits per heavy atom. The van der Waals surface area contributed by atoms with Crippen molar-refractivity contribution in [3.05, 3.63) is 28.8 Å². The van der Waals surface area contributed by atoms with E-state index in [2.05, 4.69) is 22.8 Å². The lowest BCUT2D eigenvalue weighted by Crippen LogP contribution is -2.34. The molecule has 4 heteroatoms. The highest BCUT2D eigenvalue weighted by molar-refractivity contribution is 5.77. The van der Waals surface area contributed by atoms with Gasteiger partial charge in [-0.05, 0) is 57.2 Å². The molecular weight excluding hydrogens is 264 g/mol. The molecule has 0 heterocycles. The molecule has 0 radical (unpaired) electrons. The average Bonchev–Trinajstić information content (AvgIpc) is 3.18. The third-order valence-corrected chi connectivity index (χ3v) is 3.49. The van der Waals surface area contributed by atoms with E-state index in [9.17, 15) is 4.79 Å². The van der Waals surface area contributed by atoms with Crippen molar-refractivity contribution in [2.24, 2.45) is 0 Å². The summed E-state index contributed by atoms with van der Waals surface area (Å²) in [5.41, 5.74) is 3.44. The number of nitrogens with one attached hydrogen (secondary N) is 2. The van der Waals surface area contributed by atoms with E-state index in [1.165, 1.54) is 18.4 Å². The zero-order chi connectivity index (χ0) is 15.4. The van der Waals surface area contributed by atoms with Crippen molar-refractivity contribution in [3.8, 4) is 5.75 Å². The van der Waals surface area contributed by atoms with Crippen LogP contribution in [0.25, 0.3) is 0 Å². The summed E-state index contributed by atoms with van der Waals surface area (Å²) in [5, 5.41) is 6.34. The molecule has 0 spiro atoms. The highest BCUT2D eigenvalue weighted by Crippen LogP contribution is 2.26. The van der Waals surface area contributed by atoms with Gasteiger partial charge < -0.3 is 15.4 Å². The van der Waals surface area contributed by atoms with Crippen LogP contribution >= 0.6 is 0 Å². The van der Waals surface area contributed by atoms with Gasteiger partial charge in [0.25, 0.3) is 5.91 Å². The van der Waals surface area contributed by atoms with E-state index in [1.807, 2.05) is 27.7 Å². The molecule has 1 aromatic rings. The van der Waals surface area contributed by atoms with Crippen LogP contribution in [0.5, 0.6) is 5.75 Å². The lowest BCUT2D eigenvalue weighted by atomic mass is 10.1. The van der Waals surface area contributed by atoms with Crippen LogP contribution in [0, 0.1) is 13.8 Å². The van der Waals surface area contributed by atoms with Crippen LogP contribution in [-0.2, 0) is 11.3 Å². The molecule has 0 atom stereocenters. The number of hydrogen-bond acceptors (Lipinski definition) is 3. The number of rotatable bonds is 7. The maximum absolute atomic E-state index is 11.7. The molecule has 1 fully saturated rings. The van der Waals surface area contributed by atoms with Crippen molar-refractivity contribution in [2.45, 2.75) is 59.2 Å². The Bertz CT molecular complexity index is 485. The van der Waals surface area contributed by atoms with E-state index in [1.54, 1.807) is 0 Å². The highest BCUT2D eigenvalue weighted by Gasteiger charge is 2.20.